The lowest BCUT2D eigenvalue weighted by Gasteiger charge is -2.23. The van der Waals surface area contributed by atoms with Crippen molar-refractivity contribution in [2.24, 2.45) is 0 Å². The molecule has 4 heterocycles. The molecule has 0 aliphatic carbocycles. The summed E-state index contributed by atoms with van der Waals surface area (Å²) in [4.78, 5) is 31.2. The van der Waals surface area contributed by atoms with Gasteiger partial charge in [-0.05, 0) is 119 Å². The standard InChI is InChI=1S/C29H23N3.C17H10O.C12H13N3/c1-3-16-30-25(8-1)19-32(20-26-9-2-4-17-31-26)18-24-13-12-23-11-10-21-6-5-7-22-14-15-27(24)29(23)28(21)22;18-10-14-7-6-13-5-4-11-2-1-3-12-8-9-15(14)17(13)16(11)12;1-3-7-14-11(5-1)9-13-10-12-6-2-4-8-15-12/h1-17H,18-20H2;1-10H;1-8,13H,9-10H2. The second-order valence-corrected chi connectivity index (χ2v) is 16.2. The monoisotopic (exact) mass is 842 g/mol. The van der Waals surface area contributed by atoms with Gasteiger partial charge in [0.2, 0.25) is 0 Å². The van der Waals surface area contributed by atoms with Crippen LogP contribution in [-0.4, -0.2) is 31.1 Å². The van der Waals surface area contributed by atoms with Crippen LogP contribution in [0.15, 0.2) is 207 Å². The molecule has 1 N–H and O–H groups in total. The molecule has 7 heteroatoms. The summed E-state index contributed by atoms with van der Waals surface area (Å²) >= 11 is 0. The van der Waals surface area contributed by atoms with Crippen molar-refractivity contribution in [2.45, 2.75) is 32.7 Å². The fraction of sp³-hybridized carbons (Fsp3) is 0.0862. The highest BCUT2D eigenvalue weighted by atomic mass is 16.1. The first kappa shape index (κ1) is 41.1. The Kier molecular flexibility index (Phi) is 12.1. The molecule has 12 rings (SSSR count). The minimum absolute atomic E-state index is 0.765. The summed E-state index contributed by atoms with van der Waals surface area (Å²) in [6.07, 6.45) is 8.27. The molecule has 7 nitrogen and oxygen atoms in total. The van der Waals surface area contributed by atoms with Gasteiger partial charge < -0.3 is 5.32 Å². The zero-order valence-corrected chi connectivity index (χ0v) is 35.9. The van der Waals surface area contributed by atoms with E-state index in [0.29, 0.717) is 0 Å². The van der Waals surface area contributed by atoms with Gasteiger partial charge in [-0.2, -0.15) is 0 Å². The molecule has 4 aromatic heterocycles. The van der Waals surface area contributed by atoms with Crippen molar-refractivity contribution in [3.05, 3.63) is 241 Å². The minimum atomic E-state index is 0.765. The van der Waals surface area contributed by atoms with Crippen LogP contribution in [0.3, 0.4) is 0 Å². The molecule has 0 radical (unpaired) electrons. The highest BCUT2D eigenvalue weighted by Gasteiger charge is 2.15. The normalized spacial score (nSPS) is 11.3. The number of nitrogens with one attached hydrogen (secondary N) is 1. The Morgan fingerprint density at radius 2 is 0.769 bits per heavy atom. The van der Waals surface area contributed by atoms with Crippen LogP contribution >= 0.6 is 0 Å². The van der Waals surface area contributed by atoms with Gasteiger partial charge in [0.15, 0.2) is 6.29 Å². The van der Waals surface area contributed by atoms with Gasteiger partial charge in [-0.3, -0.25) is 29.6 Å². The van der Waals surface area contributed by atoms with Crippen molar-refractivity contribution in [3.8, 4) is 0 Å². The fourth-order valence-electron chi connectivity index (χ4n) is 8.97. The number of rotatable bonds is 11. The maximum absolute atomic E-state index is 11.2. The molecule has 12 aromatic rings. The van der Waals surface area contributed by atoms with Crippen LogP contribution in [0.4, 0.5) is 0 Å². The SMILES string of the molecule is O=Cc1ccc2ccc3cccc4ccc1c2c34.c1ccc(CN(Cc2ccccn2)Cc2ccc3ccc4cccc5ccc2c3c45)nc1.c1ccc(CNCc2ccccn2)nc1. The Hall–Kier alpha value is -7.97. The summed E-state index contributed by atoms with van der Waals surface area (Å²) in [6, 6.07) is 62.8. The van der Waals surface area contributed by atoms with Gasteiger partial charge in [0.25, 0.3) is 0 Å². The van der Waals surface area contributed by atoms with E-state index in [9.17, 15) is 4.79 Å². The molecule has 0 saturated heterocycles. The predicted molar refractivity (Wildman–Crippen MR) is 266 cm³/mol. The highest BCUT2D eigenvalue weighted by molar-refractivity contribution is 6.25. The van der Waals surface area contributed by atoms with Crippen LogP contribution in [0.5, 0.6) is 0 Å². The van der Waals surface area contributed by atoms with E-state index in [2.05, 4.69) is 145 Å². The van der Waals surface area contributed by atoms with Crippen molar-refractivity contribution in [1.82, 2.24) is 30.2 Å². The number of aldehydes is 1. The van der Waals surface area contributed by atoms with Crippen LogP contribution in [0.1, 0.15) is 38.7 Å². The first-order valence-corrected chi connectivity index (χ1v) is 22.0. The van der Waals surface area contributed by atoms with Crippen molar-refractivity contribution >= 4 is 70.9 Å². The summed E-state index contributed by atoms with van der Waals surface area (Å²) in [5.74, 6) is 0. The number of carbonyl (C=O) groups excluding carboxylic acids is 1. The second kappa shape index (κ2) is 19.2. The molecule has 314 valence electrons. The molecule has 0 spiro atoms. The number of hydrogen-bond donors (Lipinski definition) is 1. The van der Waals surface area contributed by atoms with Gasteiger partial charge in [0.05, 0.1) is 22.8 Å². The van der Waals surface area contributed by atoms with E-state index in [0.717, 1.165) is 72.7 Å². The zero-order valence-electron chi connectivity index (χ0n) is 35.9. The third kappa shape index (κ3) is 9.11. The number of aromatic nitrogens is 4. The number of benzene rings is 8. The Balaban J connectivity index is 0.000000127. The smallest absolute Gasteiger partial charge is 0.150 e. The van der Waals surface area contributed by atoms with E-state index >= 15 is 0 Å². The largest absolute Gasteiger partial charge is 0.306 e. The maximum Gasteiger partial charge on any atom is 0.150 e. The molecule has 0 unspecified atom stereocenters. The summed E-state index contributed by atoms with van der Waals surface area (Å²) in [5, 5.41) is 18.4. The van der Waals surface area contributed by atoms with Gasteiger partial charge in [0, 0.05) is 63.1 Å². The van der Waals surface area contributed by atoms with E-state index in [-0.39, 0.29) is 0 Å². The molecule has 0 fully saturated rings. The van der Waals surface area contributed by atoms with Gasteiger partial charge in [-0.15, -0.1) is 0 Å². The first-order valence-electron chi connectivity index (χ1n) is 22.0. The Morgan fingerprint density at radius 3 is 1.23 bits per heavy atom. The molecular weight excluding hydrogens is 797 g/mol. The molecule has 0 bridgehead atoms. The second-order valence-electron chi connectivity index (χ2n) is 16.2. The third-order valence-corrected chi connectivity index (χ3v) is 12.0. The summed E-state index contributed by atoms with van der Waals surface area (Å²) in [7, 11) is 0. The van der Waals surface area contributed by atoms with E-state index in [1.54, 1.807) is 12.4 Å². The van der Waals surface area contributed by atoms with Gasteiger partial charge >= 0.3 is 0 Å². The Bertz CT molecular complexity index is 3350. The lowest BCUT2D eigenvalue weighted by Crippen LogP contribution is -2.23. The van der Waals surface area contributed by atoms with Crippen LogP contribution < -0.4 is 5.32 Å². The van der Waals surface area contributed by atoms with E-state index in [1.807, 2.05) is 79.1 Å². The van der Waals surface area contributed by atoms with Gasteiger partial charge in [-0.25, -0.2) is 0 Å². The number of carbonyl (C=O) groups is 1. The molecule has 8 aromatic carbocycles. The molecule has 0 atom stereocenters. The van der Waals surface area contributed by atoms with E-state index in [1.165, 1.54) is 64.8 Å². The molecule has 0 aliphatic heterocycles. The van der Waals surface area contributed by atoms with E-state index < -0.39 is 0 Å². The van der Waals surface area contributed by atoms with Crippen LogP contribution in [0.25, 0.3) is 64.6 Å². The van der Waals surface area contributed by atoms with Crippen molar-refractivity contribution in [1.29, 1.82) is 0 Å². The molecule has 0 saturated carbocycles. The average molecular weight is 843 g/mol. The first-order chi connectivity index (χ1) is 32.2. The molecule has 0 amide bonds. The van der Waals surface area contributed by atoms with Crippen LogP contribution in [0.2, 0.25) is 0 Å². The average Bonchev–Trinajstić information content (AvgIpc) is 3.37. The minimum Gasteiger partial charge on any atom is -0.306 e. The van der Waals surface area contributed by atoms with Crippen LogP contribution in [-0.2, 0) is 32.7 Å². The van der Waals surface area contributed by atoms with Crippen molar-refractivity contribution < 1.29 is 4.79 Å². The van der Waals surface area contributed by atoms with Gasteiger partial charge in [-0.1, -0.05) is 133 Å². The number of nitrogens with zero attached hydrogens (tertiary/aromatic N) is 5. The Labute approximate surface area is 377 Å². The summed E-state index contributed by atoms with van der Waals surface area (Å²) in [6.45, 7) is 3.94. The molecular formula is C58H46N6O. The van der Waals surface area contributed by atoms with Crippen molar-refractivity contribution in [2.75, 3.05) is 0 Å². The number of hydrogen-bond acceptors (Lipinski definition) is 7. The number of pyridine rings is 4. The predicted octanol–water partition coefficient (Wildman–Crippen LogP) is 12.7. The summed E-state index contributed by atoms with van der Waals surface area (Å²) < 4.78 is 0. The quantitative estimate of drug-likeness (QED) is 0.103. The van der Waals surface area contributed by atoms with E-state index in [4.69, 9.17) is 0 Å². The summed E-state index contributed by atoms with van der Waals surface area (Å²) in [5.41, 5.74) is 6.34. The lowest BCUT2D eigenvalue weighted by atomic mass is 9.92. The zero-order chi connectivity index (χ0) is 43.8. The molecule has 65 heavy (non-hydrogen) atoms. The Morgan fingerprint density at radius 1 is 0.369 bits per heavy atom. The maximum atomic E-state index is 11.2. The third-order valence-electron chi connectivity index (χ3n) is 12.0. The topological polar surface area (TPSA) is 83.9 Å². The molecule has 0 aliphatic rings. The fourth-order valence-corrected chi connectivity index (χ4v) is 8.97. The lowest BCUT2D eigenvalue weighted by molar-refractivity contribution is 0.112. The van der Waals surface area contributed by atoms with Gasteiger partial charge in [0.1, 0.15) is 0 Å². The van der Waals surface area contributed by atoms with Crippen LogP contribution in [0, 0.1) is 0 Å². The highest BCUT2D eigenvalue weighted by Crippen LogP contribution is 2.37. The van der Waals surface area contributed by atoms with Crippen molar-refractivity contribution in [3.63, 3.8) is 0 Å².